The van der Waals surface area contributed by atoms with Gasteiger partial charge in [0.2, 0.25) is 5.91 Å². The van der Waals surface area contributed by atoms with Crippen molar-refractivity contribution in [3.8, 4) is 0 Å². The smallest absolute Gasteiger partial charge is 0.240 e. The minimum atomic E-state index is -0.207. The summed E-state index contributed by atoms with van der Waals surface area (Å²) < 4.78 is 0. The fraction of sp³-hybridized carbons (Fsp3) is 0.312. The Labute approximate surface area is 128 Å². The Morgan fingerprint density at radius 3 is 2.76 bits per heavy atom. The van der Waals surface area contributed by atoms with Crippen molar-refractivity contribution < 1.29 is 4.79 Å². The van der Waals surface area contributed by atoms with Gasteiger partial charge < -0.3 is 4.90 Å². The lowest BCUT2D eigenvalue weighted by atomic mass is 10.1. The van der Waals surface area contributed by atoms with Gasteiger partial charge in [-0.15, -0.1) is 0 Å². The molecular formula is C16H17N3OS. The number of rotatable bonds is 3. The van der Waals surface area contributed by atoms with Crippen molar-refractivity contribution in [2.75, 3.05) is 4.90 Å². The average Bonchev–Trinajstić information content (AvgIpc) is 2.83. The van der Waals surface area contributed by atoms with E-state index in [0.717, 1.165) is 12.1 Å². The molecule has 0 saturated heterocycles. The molecule has 0 bridgehead atoms. The van der Waals surface area contributed by atoms with Crippen LogP contribution in [-0.2, 0) is 11.2 Å². The molecule has 1 aromatic heterocycles. The highest BCUT2D eigenvalue weighted by atomic mass is 32.2. The number of anilines is 1. The van der Waals surface area contributed by atoms with Gasteiger partial charge in [-0.2, -0.15) is 0 Å². The van der Waals surface area contributed by atoms with E-state index in [1.54, 1.807) is 18.5 Å². The molecule has 3 rings (SSSR count). The first-order valence-corrected chi connectivity index (χ1v) is 7.89. The highest BCUT2D eigenvalue weighted by Crippen LogP contribution is 2.34. The first-order valence-electron chi connectivity index (χ1n) is 7.01. The minimum absolute atomic E-state index is 0.116. The Morgan fingerprint density at radius 1 is 1.29 bits per heavy atom. The van der Waals surface area contributed by atoms with E-state index in [0.29, 0.717) is 5.16 Å². The largest absolute Gasteiger partial charge is 0.308 e. The highest BCUT2D eigenvalue weighted by Gasteiger charge is 2.33. The molecule has 2 aromatic rings. The molecule has 0 saturated carbocycles. The third-order valence-corrected chi connectivity index (χ3v) is 4.59. The molecule has 1 aromatic carbocycles. The molecule has 21 heavy (non-hydrogen) atoms. The Hall–Kier alpha value is -1.88. The maximum absolute atomic E-state index is 12.8. The zero-order chi connectivity index (χ0) is 14.8. The van der Waals surface area contributed by atoms with Gasteiger partial charge in [0.15, 0.2) is 5.16 Å². The molecule has 2 heterocycles. The summed E-state index contributed by atoms with van der Waals surface area (Å²) in [7, 11) is 0. The Balaban J connectivity index is 1.79. The number of hydrogen-bond acceptors (Lipinski definition) is 4. The molecule has 0 N–H and O–H groups in total. The molecule has 5 heteroatoms. The van der Waals surface area contributed by atoms with Crippen LogP contribution in [0.3, 0.4) is 0 Å². The number of benzene rings is 1. The molecule has 0 aliphatic carbocycles. The number of thioether (sulfide) groups is 1. The lowest BCUT2D eigenvalue weighted by molar-refractivity contribution is -0.118. The highest BCUT2D eigenvalue weighted by molar-refractivity contribution is 8.00. The normalized spacial score (nSPS) is 18.4. The van der Waals surface area contributed by atoms with Gasteiger partial charge >= 0.3 is 0 Å². The van der Waals surface area contributed by atoms with Gasteiger partial charge in [0, 0.05) is 24.1 Å². The third kappa shape index (κ3) is 2.78. The molecule has 0 fully saturated rings. The van der Waals surface area contributed by atoms with E-state index >= 15 is 0 Å². The average molecular weight is 299 g/mol. The molecule has 0 spiro atoms. The maximum Gasteiger partial charge on any atom is 0.240 e. The quantitative estimate of drug-likeness (QED) is 0.646. The maximum atomic E-state index is 12.8. The van der Waals surface area contributed by atoms with Gasteiger partial charge in [0.05, 0.1) is 5.25 Å². The Bertz CT molecular complexity index is 647. The SMILES string of the molecule is C[C@@H]1Cc2ccccc2N1C(=O)[C@@H](C)Sc1ncccn1. The van der Waals surface area contributed by atoms with Gasteiger partial charge in [0.25, 0.3) is 0 Å². The molecule has 1 amide bonds. The Kier molecular flexibility index (Phi) is 3.92. The number of amides is 1. The minimum Gasteiger partial charge on any atom is -0.308 e. The van der Waals surface area contributed by atoms with Crippen LogP contribution in [0.2, 0.25) is 0 Å². The van der Waals surface area contributed by atoms with Gasteiger partial charge in [-0.25, -0.2) is 9.97 Å². The molecule has 108 valence electrons. The van der Waals surface area contributed by atoms with Crippen LogP contribution in [0.1, 0.15) is 19.4 Å². The molecule has 1 aliphatic heterocycles. The Morgan fingerprint density at radius 2 is 2.00 bits per heavy atom. The van der Waals surface area contributed by atoms with Crippen LogP contribution in [0.25, 0.3) is 0 Å². The van der Waals surface area contributed by atoms with Crippen molar-refractivity contribution in [1.29, 1.82) is 0 Å². The van der Waals surface area contributed by atoms with Crippen LogP contribution < -0.4 is 4.90 Å². The second-order valence-corrected chi connectivity index (χ2v) is 6.49. The number of carbonyl (C=O) groups excluding carboxylic acids is 1. The summed E-state index contributed by atoms with van der Waals surface area (Å²) in [6.45, 7) is 4.01. The molecule has 4 nitrogen and oxygen atoms in total. The number of nitrogens with zero attached hydrogens (tertiary/aromatic N) is 3. The van der Waals surface area contributed by atoms with Gasteiger partial charge in [-0.3, -0.25) is 4.79 Å². The lowest BCUT2D eigenvalue weighted by Gasteiger charge is -2.25. The zero-order valence-corrected chi connectivity index (χ0v) is 12.9. The van der Waals surface area contributed by atoms with Gasteiger partial charge in [-0.05, 0) is 38.0 Å². The number of para-hydroxylation sites is 1. The fourth-order valence-corrected chi connectivity index (χ4v) is 3.43. The van der Waals surface area contributed by atoms with E-state index in [1.807, 2.05) is 30.0 Å². The van der Waals surface area contributed by atoms with E-state index in [9.17, 15) is 4.79 Å². The lowest BCUT2D eigenvalue weighted by Crippen LogP contribution is -2.40. The van der Waals surface area contributed by atoms with E-state index in [4.69, 9.17) is 0 Å². The molecule has 0 radical (unpaired) electrons. The van der Waals surface area contributed by atoms with Crippen molar-refractivity contribution in [1.82, 2.24) is 9.97 Å². The van der Waals surface area contributed by atoms with Gasteiger partial charge in [-0.1, -0.05) is 30.0 Å². The third-order valence-electron chi connectivity index (χ3n) is 3.62. The van der Waals surface area contributed by atoms with Crippen molar-refractivity contribution in [3.05, 3.63) is 48.3 Å². The standard InChI is InChI=1S/C16H17N3OS/c1-11-10-13-6-3-4-7-14(13)19(11)15(20)12(2)21-16-17-8-5-9-18-16/h3-9,11-12H,10H2,1-2H3/t11-,12-/m1/s1. The van der Waals surface area contributed by atoms with Crippen LogP contribution >= 0.6 is 11.8 Å². The van der Waals surface area contributed by atoms with E-state index < -0.39 is 0 Å². The predicted octanol–water partition coefficient (Wildman–Crippen LogP) is 2.94. The number of carbonyl (C=O) groups is 1. The van der Waals surface area contributed by atoms with Crippen molar-refractivity contribution >= 4 is 23.4 Å². The van der Waals surface area contributed by atoms with Crippen LogP contribution in [0.4, 0.5) is 5.69 Å². The van der Waals surface area contributed by atoms with Crippen LogP contribution in [0, 0.1) is 0 Å². The number of hydrogen-bond donors (Lipinski definition) is 0. The van der Waals surface area contributed by atoms with Crippen molar-refractivity contribution in [2.24, 2.45) is 0 Å². The topological polar surface area (TPSA) is 46.1 Å². The van der Waals surface area contributed by atoms with Gasteiger partial charge in [0.1, 0.15) is 0 Å². The van der Waals surface area contributed by atoms with E-state index in [-0.39, 0.29) is 17.2 Å². The van der Waals surface area contributed by atoms with Crippen molar-refractivity contribution in [3.63, 3.8) is 0 Å². The summed E-state index contributed by atoms with van der Waals surface area (Å²) in [4.78, 5) is 23.0. The molecule has 0 unspecified atom stereocenters. The monoisotopic (exact) mass is 299 g/mol. The van der Waals surface area contributed by atoms with Crippen LogP contribution in [0.15, 0.2) is 47.9 Å². The van der Waals surface area contributed by atoms with Crippen LogP contribution in [0.5, 0.6) is 0 Å². The van der Waals surface area contributed by atoms with Crippen molar-refractivity contribution in [2.45, 2.75) is 36.7 Å². The fourth-order valence-electron chi connectivity index (χ4n) is 2.65. The summed E-state index contributed by atoms with van der Waals surface area (Å²) >= 11 is 1.40. The number of fused-ring (bicyclic) bond motifs is 1. The predicted molar refractivity (Wildman–Crippen MR) is 84.4 cm³/mol. The molecule has 1 aliphatic rings. The summed E-state index contributed by atoms with van der Waals surface area (Å²) in [5.41, 5.74) is 2.28. The second kappa shape index (κ2) is 5.85. The molecular weight excluding hydrogens is 282 g/mol. The summed E-state index contributed by atoms with van der Waals surface area (Å²) in [6, 6.07) is 10.1. The first kappa shape index (κ1) is 14.1. The van der Waals surface area contributed by atoms with E-state index in [2.05, 4.69) is 23.0 Å². The summed E-state index contributed by atoms with van der Waals surface area (Å²) in [5, 5.41) is 0.430. The van der Waals surface area contributed by atoms with Crippen LogP contribution in [-0.4, -0.2) is 27.2 Å². The van der Waals surface area contributed by atoms with E-state index in [1.165, 1.54) is 17.3 Å². The molecule has 2 atom stereocenters. The summed E-state index contributed by atoms with van der Waals surface area (Å²) in [5.74, 6) is 0.116. The first-order chi connectivity index (χ1) is 10.2. The summed E-state index contributed by atoms with van der Waals surface area (Å²) in [6.07, 6.45) is 4.31. The number of aromatic nitrogens is 2. The zero-order valence-electron chi connectivity index (χ0n) is 12.1. The second-order valence-electron chi connectivity index (χ2n) is 5.18.